The monoisotopic (exact) mass is 222 g/mol. The highest BCUT2D eigenvalue weighted by Crippen LogP contribution is 2.25. The molecule has 1 fully saturated rings. The number of anilines is 1. The van der Waals surface area contributed by atoms with Crippen LogP contribution >= 0.6 is 11.8 Å². The van der Waals surface area contributed by atoms with Crippen molar-refractivity contribution in [2.75, 3.05) is 17.6 Å². The highest BCUT2D eigenvalue weighted by molar-refractivity contribution is 7.99. The van der Waals surface area contributed by atoms with Crippen molar-refractivity contribution in [1.82, 2.24) is 4.98 Å². The van der Waals surface area contributed by atoms with Crippen LogP contribution in [0, 0.1) is 6.92 Å². The van der Waals surface area contributed by atoms with Crippen LogP contribution in [0.4, 0.5) is 5.82 Å². The van der Waals surface area contributed by atoms with Crippen molar-refractivity contribution in [3.8, 4) is 0 Å². The molecule has 1 atom stereocenters. The molecule has 15 heavy (non-hydrogen) atoms. The Labute approximate surface area is 95.9 Å². The van der Waals surface area contributed by atoms with E-state index >= 15 is 0 Å². The molecule has 0 aliphatic carbocycles. The van der Waals surface area contributed by atoms with Crippen LogP contribution in [0.2, 0.25) is 0 Å². The minimum atomic E-state index is 0.779. The van der Waals surface area contributed by atoms with Crippen molar-refractivity contribution in [3.05, 3.63) is 23.9 Å². The Morgan fingerprint density at radius 2 is 2.47 bits per heavy atom. The SMILES string of the molecule is Cc1ccnc(NCC2CCCCS2)c1. The Hall–Kier alpha value is -0.700. The van der Waals surface area contributed by atoms with Gasteiger partial charge in [0.25, 0.3) is 0 Å². The first-order chi connectivity index (χ1) is 7.34. The number of thioether (sulfide) groups is 1. The molecule has 2 heterocycles. The third-order valence-corrected chi connectivity index (χ3v) is 4.10. The van der Waals surface area contributed by atoms with Crippen LogP contribution in [0.25, 0.3) is 0 Å². The molecule has 0 radical (unpaired) electrons. The fourth-order valence-electron chi connectivity index (χ4n) is 1.82. The van der Waals surface area contributed by atoms with E-state index in [4.69, 9.17) is 0 Å². The number of rotatable bonds is 3. The van der Waals surface area contributed by atoms with Crippen LogP contribution in [-0.4, -0.2) is 22.5 Å². The maximum absolute atomic E-state index is 4.30. The molecule has 2 nitrogen and oxygen atoms in total. The van der Waals surface area contributed by atoms with Gasteiger partial charge in [-0.1, -0.05) is 6.42 Å². The molecular formula is C12H18N2S. The zero-order valence-electron chi connectivity index (χ0n) is 9.20. The van der Waals surface area contributed by atoms with Crippen molar-refractivity contribution >= 4 is 17.6 Å². The molecule has 1 unspecified atom stereocenters. The summed E-state index contributed by atoms with van der Waals surface area (Å²) in [5, 5.41) is 4.20. The number of aromatic nitrogens is 1. The third-order valence-electron chi connectivity index (χ3n) is 2.70. The Morgan fingerprint density at radius 1 is 1.53 bits per heavy atom. The molecule has 0 spiro atoms. The summed E-state index contributed by atoms with van der Waals surface area (Å²) in [6.45, 7) is 3.16. The largest absolute Gasteiger partial charge is 0.369 e. The molecule has 1 aromatic heterocycles. The quantitative estimate of drug-likeness (QED) is 0.850. The summed E-state index contributed by atoms with van der Waals surface area (Å²) in [5.74, 6) is 2.34. The van der Waals surface area contributed by atoms with Gasteiger partial charge < -0.3 is 5.32 Å². The predicted octanol–water partition coefficient (Wildman–Crippen LogP) is 3.09. The first kappa shape index (κ1) is 10.8. The Kier molecular flexibility index (Phi) is 3.89. The van der Waals surface area contributed by atoms with Crippen molar-refractivity contribution < 1.29 is 0 Å². The van der Waals surface area contributed by atoms with Crippen molar-refractivity contribution in [3.63, 3.8) is 0 Å². The van der Waals surface area contributed by atoms with Gasteiger partial charge in [-0.2, -0.15) is 11.8 Å². The first-order valence-corrected chi connectivity index (χ1v) is 6.67. The van der Waals surface area contributed by atoms with Crippen molar-refractivity contribution in [2.24, 2.45) is 0 Å². The zero-order valence-corrected chi connectivity index (χ0v) is 10.0. The molecule has 0 aromatic carbocycles. The fourth-order valence-corrected chi connectivity index (χ4v) is 3.06. The lowest BCUT2D eigenvalue weighted by Gasteiger charge is -2.21. The topological polar surface area (TPSA) is 24.9 Å². The summed E-state index contributed by atoms with van der Waals surface area (Å²) in [5.41, 5.74) is 1.27. The number of hydrogen-bond acceptors (Lipinski definition) is 3. The van der Waals surface area contributed by atoms with Gasteiger partial charge in [0.2, 0.25) is 0 Å². The van der Waals surface area contributed by atoms with Crippen LogP contribution in [0.1, 0.15) is 24.8 Å². The van der Waals surface area contributed by atoms with Gasteiger partial charge in [0, 0.05) is 18.0 Å². The molecular weight excluding hydrogens is 204 g/mol. The number of pyridine rings is 1. The first-order valence-electron chi connectivity index (χ1n) is 5.63. The second kappa shape index (κ2) is 5.40. The summed E-state index contributed by atoms with van der Waals surface area (Å²) < 4.78 is 0. The normalized spacial score (nSPS) is 21.3. The van der Waals surface area contributed by atoms with Crippen LogP contribution in [-0.2, 0) is 0 Å². The molecule has 1 aliphatic heterocycles. The molecule has 1 N–H and O–H groups in total. The maximum atomic E-state index is 4.30. The van der Waals surface area contributed by atoms with Gasteiger partial charge >= 0.3 is 0 Å². The Bertz CT molecular complexity index is 308. The minimum Gasteiger partial charge on any atom is -0.369 e. The van der Waals surface area contributed by atoms with Gasteiger partial charge in [0.05, 0.1) is 0 Å². The lowest BCUT2D eigenvalue weighted by molar-refractivity contribution is 0.677. The number of nitrogens with zero attached hydrogens (tertiary/aromatic N) is 1. The van der Waals surface area contributed by atoms with Crippen LogP contribution in [0.5, 0.6) is 0 Å². The van der Waals surface area contributed by atoms with Crippen molar-refractivity contribution in [2.45, 2.75) is 31.4 Å². The number of aryl methyl sites for hydroxylation is 1. The van der Waals surface area contributed by atoms with Crippen LogP contribution < -0.4 is 5.32 Å². The predicted molar refractivity (Wildman–Crippen MR) is 67.6 cm³/mol. The lowest BCUT2D eigenvalue weighted by atomic mass is 10.2. The lowest BCUT2D eigenvalue weighted by Crippen LogP contribution is -2.20. The van der Waals surface area contributed by atoms with Gasteiger partial charge in [-0.3, -0.25) is 0 Å². The standard InChI is InChI=1S/C12H18N2S/c1-10-5-6-13-12(8-10)14-9-11-4-2-3-7-15-11/h5-6,8,11H,2-4,7,9H2,1H3,(H,13,14). The average molecular weight is 222 g/mol. The molecule has 2 rings (SSSR count). The molecule has 1 saturated heterocycles. The van der Waals surface area contributed by atoms with E-state index in [1.165, 1.54) is 30.6 Å². The van der Waals surface area contributed by atoms with Crippen LogP contribution in [0.15, 0.2) is 18.3 Å². The van der Waals surface area contributed by atoms with E-state index in [1.54, 1.807) is 0 Å². The maximum Gasteiger partial charge on any atom is 0.126 e. The van der Waals surface area contributed by atoms with E-state index in [2.05, 4.69) is 35.1 Å². The van der Waals surface area contributed by atoms with E-state index in [0.717, 1.165) is 17.6 Å². The Morgan fingerprint density at radius 3 is 3.20 bits per heavy atom. The number of hydrogen-bond donors (Lipinski definition) is 1. The fraction of sp³-hybridized carbons (Fsp3) is 0.583. The minimum absolute atomic E-state index is 0.779. The van der Waals surface area contributed by atoms with Gasteiger partial charge in [0.1, 0.15) is 5.82 Å². The van der Waals surface area contributed by atoms with E-state index in [9.17, 15) is 0 Å². The van der Waals surface area contributed by atoms with E-state index in [0.29, 0.717) is 0 Å². The second-order valence-electron chi connectivity index (χ2n) is 4.09. The molecule has 0 saturated carbocycles. The third kappa shape index (κ3) is 3.42. The smallest absolute Gasteiger partial charge is 0.126 e. The van der Waals surface area contributed by atoms with Gasteiger partial charge in [-0.15, -0.1) is 0 Å². The average Bonchev–Trinajstić information content (AvgIpc) is 2.28. The molecule has 0 bridgehead atoms. The zero-order chi connectivity index (χ0) is 10.5. The molecule has 1 aromatic rings. The summed E-state index contributed by atoms with van der Waals surface area (Å²) in [6, 6.07) is 4.13. The van der Waals surface area contributed by atoms with Crippen molar-refractivity contribution in [1.29, 1.82) is 0 Å². The molecule has 82 valence electrons. The number of nitrogens with one attached hydrogen (secondary N) is 1. The highest BCUT2D eigenvalue weighted by atomic mass is 32.2. The second-order valence-corrected chi connectivity index (χ2v) is 5.50. The Balaban J connectivity index is 1.81. The summed E-state index contributed by atoms with van der Waals surface area (Å²) >= 11 is 2.10. The molecule has 0 amide bonds. The summed E-state index contributed by atoms with van der Waals surface area (Å²) in [4.78, 5) is 4.30. The van der Waals surface area contributed by atoms with Gasteiger partial charge in [-0.25, -0.2) is 4.98 Å². The molecule has 1 aliphatic rings. The van der Waals surface area contributed by atoms with E-state index < -0.39 is 0 Å². The summed E-state index contributed by atoms with van der Waals surface area (Å²) in [6.07, 6.45) is 6.00. The van der Waals surface area contributed by atoms with Crippen LogP contribution in [0.3, 0.4) is 0 Å². The van der Waals surface area contributed by atoms with Gasteiger partial charge in [0.15, 0.2) is 0 Å². The van der Waals surface area contributed by atoms with E-state index in [1.807, 2.05) is 12.3 Å². The highest BCUT2D eigenvalue weighted by Gasteiger charge is 2.13. The molecule has 3 heteroatoms. The summed E-state index contributed by atoms with van der Waals surface area (Å²) in [7, 11) is 0. The van der Waals surface area contributed by atoms with Gasteiger partial charge in [-0.05, 0) is 43.2 Å². The van der Waals surface area contributed by atoms with E-state index in [-0.39, 0.29) is 0 Å².